The van der Waals surface area contributed by atoms with E-state index in [4.69, 9.17) is 6.57 Å². The van der Waals surface area contributed by atoms with Gasteiger partial charge in [0.2, 0.25) is 0 Å². The van der Waals surface area contributed by atoms with Crippen LogP contribution in [0.15, 0.2) is 30.5 Å². The fourth-order valence-electron chi connectivity index (χ4n) is 2.34. The molecule has 4 heteroatoms. The van der Waals surface area contributed by atoms with E-state index in [0.717, 1.165) is 24.5 Å². The van der Waals surface area contributed by atoms with Crippen LogP contribution < -0.4 is 0 Å². The van der Waals surface area contributed by atoms with Gasteiger partial charge in [0.05, 0.1) is 12.3 Å². The van der Waals surface area contributed by atoms with Gasteiger partial charge in [0, 0.05) is 11.8 Å². The normalized spacial score (nSPS) is 12.0. The lowest BCUT2D eigenvalue weighted by molar-refractivity contribution is 0.595. The lowest BCUT2D eigenvalue weighted by Crippen LogP contribution is -1.96. The Kier molecular flexibility index (Phi) is 4.64. The number of rotatable bonds is 4. The van der Waals surface area contributed by atoms with E-state index in [0.29, 0.717) is 11.6 Å². The number of pyridine rings is 1. The van der Waals surface area contributed by atoms with Gasteiger partial charge in [-0.25, -0.2) is 13.6 Å². The average Bonchev–Trinajstić information content (AvgIpc) is 2.48. The van der Waals surface area contributed by atoms with Crippen LogP contribution >= 0.6 is 0 Å². The van der Waals surface area contributed by atoms with Crippen LogP contribution in [0.1, 0.15) is 38.2 Å². The van der Waals surface area contributed by atoms with E-state index in [9.17, 15) is 8.78 Å². The molecule has 21 heavy (non-hydrogen) atoms. The van der Waals surface area contributed by atoms with Crippen molar-refractivity contribution in [3.63, 3.8) is 0 Å². The van der Waals surface area contributed by atoms with Gasteiger partial charge in [0.15, 0.2) is 0 Å². The van der Waals surface area contributed by atoms with Crippen molar-refractivity contribution >= 4 is 5.69 Å². The molecule has 0 aliphatic rings. The van der Waals surface area contributed by atoms with E-state index >= 15 is 0 Å². The van der Waals surface area contributed by atoms with Gasteiger partial charge in [-0.15, -0.1) is 0 Å². The van der Waals surface area contributed by atoms with Gasteiger partial charge in [0.1, 0.15) is 11.6 Å². The van der Waals surface area contributed by atoms with Gasteiger partial charge in [-0.05, 0) is 42.2 Å². The molecule has 0 aliphatic carbocycles. The van der Waals surface area contributed by atoms with Crippen molar-refractivity contribution in [1.29, 1.82) is 0 Å². The third-order valence-electron chi connectivity index (χ3n) is 3.53. The molecule has 0 spiro atoms. The first-order chi connectivity index (χ1) is 10.1. The standard InChI is InChI=1S/C17H16F2N2/c1-4-5-11(2)12-8-9-21-15(10-12)13-6-7-14(18)17(20-3)16(13)19/h6-11H,4-5H2,1-2H3. The fraction of sp³-hybridized carbons (Fsp3) is 0.294. The quantitative estimate of drug-likeness (QED) is 0.680. The molecule has 0 saturated heterocycles. The molecule has 1 atom stereocenters. The highest BCUT2D eigenvalue weighted by Gasteiger charge is 2.16. The second-order valence-corrected chi connectivity index (χ2v) is 5.03. The zero-order chi connectivity index (χ0) is 15.4. The van der Waals surface area contributed by atoms with E-state index < -0.39 is 17.3 Å². The van der Waals surface area contributed by atoms with Gasteiger partial charge in [0.25, 0.3) is 5.69 Å². The summed E-state index contributed by atoms with van der Waals surface area (Å²) in [5.74, 6) is -1.35. The summed E-state index contributed by atoms with van der Waals surface area (Å²) < 4.78 is 27.6. The van der Waals surface area contributed by atoms with E-state index in [1.54, 1.807) is 6.20 Å². The molecule has 1 heterocycles. The first-order valence-corrected chi connectivity index (χ1v) is 6.90. The third kappa shape index (κ3) is 3.08. The lowest BCUT2D eigenvalue weighted by atomic mass is 9.95. The highest BCUT2D eigenvalue weighted by molar-refractivity contribution is 5.67. The maximum atomic E-state index is 14.2. The Bertz CT molecular complexity index is 690. The molecule has 0 aliphatic heterocycles. The number of benzene rings is 1. The third-order valence-corrected chi connectivity index (χ3v) is 3.53. The summed E-state index contributed by atoms with van der Waals surface area (Å²) in [6.07, 6.45) is 3.71. The molecule has 2 nitrogen and oxygen atoms in total. The van der Waals surface area contributed by atoms with Gasteiger partial charge in [-0.1, -0.05) is 20.3 Å². The first-order valence-electron chi connectivity index (χ1n) is 6.90. The van der Waals surface area contributed by atoms with Crippen molar-refractivity contribution in [3.8, 4) is 11.3 Å². The van der Waals surface area contributed by atoms with Crippen molar-refractivity contribution < 1.29 is 8.78 Å². The molecule has 0 amide bonds. The summed E-state index contributed by atoms with van der Waals surface area (Å²) in [7, 11) is 0. The maximum absolute atomic E-state index is 14.2. The number of hydrogen-bond acceptors (Lipinski definition) is 1. The molecule has 0 N–H and O–H groups in total. The van der Waals surface area contributed by atoms with Crippen LogP contribution in [0.4, 0.5) is 14.5 Å². The van der Waals surface area contributed by atoms with Gasteiger partial charge >= 0.3 is 0 Å². The predicted octanol–water partition coefficient (Wildman–Crippen LogP) is 5.48. The van der Waals surface area contributed by atoms with Crippen molar-refractivity contribution in [2.24, 2.45) is 0 Å². The smallest absolute Gasteiger partial charge is 0.256 e. The van der Waals surface area contributed by atoms with Gasteiger partial charge in [-0.3, -0.25) is 4.98 Å². The molecule has 1 aromatic carbocycles. The zero-order valence-electron chi connectivity index (χ0n) is 12.0. The van der Waals surface area contributed by atoms with Crippen LogP contribution in [0.2, 0.25) is 0 Å². The van der Waals surface area contributed by atoms with Gasteiger partial charge in [-0.2, -0.15) is 0 Å². The minimum Gasteiger partial charge on any atom is -0.256 e. The van der Waals surface area contributed by atoms with E-state index in [1.807, 2.05) is 12.1 Å². The minimum absolute atomic E-state index is 0.160. The molecular formula is C17H16F2N2. The minimum atomic E-state index is -0.849. The summed E-state index contributed by atoms with van der Waals surface area (Å²) in [5, 5.41) is 0. The van der Waals surface area contributed by atoms with Crippen molar-refractivity contribution in [1.82, 2.24) is 4.98 Å². The van der Waals surface area contributed by atoms with Crippen LogP contribution in [-0.2, 0) is 0 Å². The summed E-state index contributed by atoms with van der Waals surface area (Å²) in [6.45, 7) is 11.1. The number of hydrogen-bond donors (Lipinski definition) is 0. The van der Waals surface area contributed by atoms with Crippen molar-refractivity contribution in [3.05, 3.63) is 59.1 Å². The van der Waals surface area contributed by atoms with E-state index in [-0.39, 0.29) is 5.56 Å². The summed E-state index contributed by atoms with van der Waals surface area (Å²) in [4.78, 5) is 7.07. The van der Waals surface area contributed by atoms with Crippen LogP contribution in [0.3, 0.4) is 0 Å². The molecule has 0 bridgehead atoms. The Balaban J connectivity index is 2.49. The van der Waals surface area contributed by atoms with Crippen LogP contribution in [-0.4, -0.2) is 4.98 Å². The highest BCUT2D eigenvalue weighted by Crippen LogP contribution is 2.32. The van der Waals surface area contributed by atoms with Crippen molar-refractivity contribution in [2.45, 2.75) is 32.6 Å². The topological polar surface area (TPSA) is 17.2 Å². The van der Waals surface area contributed by atoms with Crippen molar-refractivity contribution in [2.75, 3.05) is 0 Å². The van der Waals surface area contributed by atoms with Crippen LogP contribution in [0.5, 0.6) is 0 Å². The number of aromatic nitrogens is 1. The summed E-state index contributed by atoms with van der Waals surface area (Å²) in [6, 6.07) is 6.15. The second kappa shape index (κ2) is 6.45. The Labute approximate surface area is 123 Å². The summed E-state index contributed by atoms with van der Waals surface area (Å²) in [5.41, 5.74) is 1.07. The Morgan fingerprint density at radius 1 is 1.29 bits per heavy atom. The monoisotopic (exact) mass is 286 g/mol. The number of nitrogens with zero attached hydrogens (tertiary/aromatic N) is 2. The molecule has 2 aromatic rings. The van der Waals surface area contributed by atoms with Gasteiger partial charge < -0.3 is 0 Å². The molecule has 0 saturated carbocycles. The Morgan fingerprint density at radius 3 is 2.71 bits per heavy atom. The Hall–Kier alpha value is -2.28. The molecule has 108 valence electrons. The van der Waals surface area contributed by atoms with E-state index in [1.165, 1.54) is 6.07 Å². The maximum Gasteiger partial charge on any atom is 0.257 e. The SMILES string of the molecule is [C-]#[N+]c1c(F)ccc(-c2cc(C(C)CCC)ccn2)c1F. The molecule has 0 radical (unpaired) electrons. The van der Waals surface area contributed by atoms with Crippen LogP contribution in [0.25, 0.3) is 16.1 Å². The molecule has 0 fully saturated rings. The molecule has 1 aromatic heterocycles. The molecule has 1 unspecified atom stereocenters. The molecular weight excluding hydrogens is 270 g/mol. The Morgan fingerprint density at radius 2 is 2.05 bits per heavy atom. The largest absolute Gasteiger partial charge is 0.257 e. The number of halogens is 2. The second-order valence-electron chi connectivity index (χ2n) is 5.03. The summed E-state index contributed by atoms with van der Waals surface area (Å²) >= 11 is 0. The van der Waals surface area contributed by atoms with Crippen LogP contribution in [0, 0.1) is 18.2 Å². The molecule has 2 rings (SSSR count). The fourth-order valence-corrected chi connectivity index (χ4v) is 2.34. The lowest BCUT2D eigenvalue weighted by Gasteiger charge is -2.12. The van der Waals surface area contributed by atoms with E-state index in [2.05, 4.69) is 23.7 Å². The highest BCUT2D eigenvalue weighted by atomic mass is 19.1. The first kappa shape index (κ1) is 15.1. The average molecular weight is 286 g/mol. The zero-order valence-corrected chi connectivity index (χ0v) is 12.0. The predicted molar refractivity (Wildman–Crippen MR) is 79.2 cm³/mol.